The number of alkyl halides is 1. The van der Waals surface area contributed by atoms with Gasteiger partial charge in [0.05, 0.1) is 5.35 Å². The maximum Gasteiger partial charge on any atom is 0.130 e. The molecule has 0 aliphatic heterocycles. The summed E-state index contributed by atoms with van der Waals surface area (Å²) in [7, 11) is 0. The Kier molecular flexibility index (Phi) is 17.4. The van der Waals surface area contributed by atoms with Crippen molar-refractivity contribution >= 4 is 12.2 Å². The number of rotatable bonds is 10. The topological polar surface area (TPSA) is 25.8 Å². The normalized spacial score (nSPS) is 11.9. The van der Waals surface area contributed by atoms with E-state index in [0.29, 0.717) is 0 Å². The van der Waals surface area contributed by atoms with Crippen LogP contribution in [0.1, 0.15) is 123 Å². The largest absolute Gasteiger partial charge is 0.239 e. The molecule has 2 aromatic rings. The molecular formula is C35H55FN2. The Morgan fingerprint density at radius 3 is 2.00 bits per heavy atom. The van der Waals surface area contributed by atoms with Crippen molar-refractivity contribution in [1.29, 1.82) is 0 Å². The molecule has 0 aliphatic rings. The number of hydrogen-bond donors (Lipinski definition) is 0. The van der Waals surface area contributed by atoms with Crippen molar-refractivity contribution in [3.8, 4) is 0 Å². The first-order valence-electron chi connectivity index (χ1n) is 14.5. The van der Waals surface area contributed by atoms with Gasteiger partial charge in [-0.05, 0) is 96.4 Å². The maximum atomic E-state index is 14.7. The molecule has 3 heteroatoms. The van der Waals surface area contributed by atoms with Gasteiger partial charge >= 0.3 is 0 Å². The lowest BCUT2D eigenvalue weighted by Gasteiger charge is -2.21. The van der Waals surface area contributed by atoms with Gasteiger partial charge in [-0.15, -0.1) is 6.58 Å². The zero-order valence-corrected chi connectivity index (χ0v) is 26.2. The summed E-state index contributed by atoms with van der Waals surface area (Å²) in [6.45, 7) is 27.6. The minimum absolute atomic E-state index is 0.825. The van der Waals surface area contributed by atoms with Crippen LogP contribution in [0, 0.1) is 6.92 Å². The van der Waals surface area contributed by atoms with Gasteiger partial charge in [0.2, 0.25) is 0 Å². The van der Waals surface area contributed by atoms with E-state index in [0.717, 1.165) is 71.7 Å². The molecule has 0 saturated carbocycles. The first kappa shape index (κ1) is 35.5. The molecule has 0 spiro atoms. The third-order valence-corrected chi connectivity index (χ3v) is 6.35. The summed E-state index contributed by atoms with van der Waals surface area (Å²) < 4.78 is 14.7. The summed E-state index contributed by atoms with van der Waals surface area (Å²) in [6.07, 6.45) is 12.4. The van der Waals surface area contributed by atoms with Crippen molar-refractivity contribution in [2.45, 2.75) is 126 Å². The molecule has 212 valence electrons. The number of nitrogens with zero attached hydrogens (tertiary/aromatic N) is 2. The second-order valence-electron chi connectivity index (χ2n) is 10.6. The number of halogens is 1. The van der Waals surface area contributed by atoms with E-state index in [1.807, 2.05) is 52.0 Å². The quantitative estimate of drug-likeness (QED) is 0.230. The van der Waals surface area contributed by atoms with Gasteiger partial charge in [-0.25, -0.2) is 14.4 Å². The fraction of sp³-hybridized carbons (Fsp3) is 0.543. The van der Waals surface area contributed by atoms with Crippen LogP contribution in [0.25, 0.3) is 12.2 Å². The third-order valence-electron chi connectivity index (χ3n) is 6.35. The fourth-order valence-corrected chi connectivity index (χ4v) is 3.82. The third kappa shape index (κ3) is 13.3. The summed E-state index contributed by atoms with van der Waals surface area (Å²) in [5.74, 6) is 0.879. The molecule has 1 heterocycles. The number of allylic oxidation sites excluding steroid dienone is 2. The predicted octanol–water partition coefficient (Wildman–Crippen LogP) is 9.05. The number of aryl methyl sites for hydroxylation is 3. The number of aromatic nitrogens is 2. The summed E-state index contributed by atoms with van der Waals surface area (Å²) in [5.41, 5.74) is 5.17. The number of unbranched alkanes of at least 4 members (excludes halogenated alkanes) is 2. The van der Waals surface area contributed by atoms with Crippen LogP contribution in [-0.4, -0.2) is 9.97 Å². The Labute approximate surface area is 233 Å². The van der Waals surface area contributed by atoms with Gasteiger partial charge in [-0.2, -0.15) is 0 Å². The predicted molar refractivity (Wildman–Crippen MR) is 168 cm³/mol. The minimum Gasteiger partial charge on any atom is -0.239 e. The molecule has 0 aliphatic carbocycles. The van der Waals surface area contributed by atoms with Gasteiger partial charge in [0.1, 0.15) is 11.5 Å². The second kappa shape index (κ2) is 18.7. The lowest BCUT2D eigenvalue weighted by Crippen LogP contribution is -2.33. The molecular weight excluding hydrogens is 467 g/mol. The zero-order valence-electron chi connectivity index (χ0n) is 26.2. The Morgan fingerprint density at radius 2 is 1.55 bits per heavy atom. The molecule has 0 saturated heterocycles. The molecule has 0 N–H and O–H groups in total. The van der Waals surface area contributed by atoms with Crippen molar-refractivity contribution in [2.75, 3.05) is 0 Å². The van der Waals surface area contributed by atoms with E-state index in [1.165, 1.54) is 29.5 Å². The molecule has 1 aromatic carbocycles. The SMILES string of the molecule is C=C(C)/C=c1/c(C)nc(CCCCc2c(CC)cccc2C(C)(C)F)n/c1=C/C.C=C(C)CC.CCCC. The first-order chi connectivity index (χ1) is 17.9. The average molecular weight is 523 g/mol. The number of benzene rings is 1. The number of hydrogen-bond acceptors (Lipinski definition) is 2. The van der Waals surface area contributed by atoms with E-state index in [4.69, 9.17) is 9.97 Å². The summed E-state index contributed by atoms with van der Waals surface area (Å²) in [5, 5.41) is 2.02. The van der Waals surface area contributed by atoms with E-state index in [-0.39, 0.29) is 0 Å². The van der Waals surface area contributed by atoms with Crippen LogP contribution in [-0.2, 0) is 24.9 Å². The summed E-state index contributed by atoms with van der Waals surface area (Å²) >= 11 is 0. The van der Waals surface area contributed by atoms with Gasteiger partial charge in [0, 0.05) is 17.3 Å². The highest BCUT2D eigenvalue weighted by Gasteiger charge is 2.23. The first-order valence-corrected chi connectivity index (χ1v) is 14.5. The van der Waals surface area contributed by atoms with Gasteiger partial charge in [-0.3, -0.25) is 0 Å². The summed E-state index contributed by atoms with van der Waals surface area (Å²) in [4.78, 5) is 9.45. The molecule has 1 aromatic heterocycles. The standard InChI is InChI=1S/C26H35FN2.C5H10.C4H10/c1-8-20-13-12-15-23(26(6,7)27)21(20)14-10-11-16-25-28-19(5)22(17-18(3)4)24(9-2)29-25;1-4-5(2)3;1-3-4-2/h9,12-13,15,17H,3,8,10-11,14,16H2,1-2,4-7H3;2,4H2,1,3H3;3-4H2,1-2H3/b22-17-,24-9+;;. The van der Waals surface area contributed by atoms with E-state index in [9.17, 15) is 4.39 Å². The second-order valence-corrected chi connectivity index (χ2v) is 10.6. The zero-order chi connectivity index (χ0) is 29.3. The summed E-state index contributed by atoms with van der Waals surface area (Å²) in [6, 6.07) is 6.03. The molecule has 2 rings (SSSR count). The van der Waals surface area contributed by atoms with Crippen molar-refractivity contribution in [3.05, 3.63) is 81.3 Å². The van der Waals surface area contributed by atoms with Crippen LogP contribution < -0.4 is 10.6 Å². The molecule has 0 radical (unpaired) electrons. The molecule has 2 nitrogen and oxygen atoms in total. The van der Waals surface area contributed by atoms with Crippen LogP contribution in [0.2, 0.25) is 0 Å². The molecule has 0 fully saturated rings. The minimum atomic E-state index is -1.32. The van der Waals surface area contributed by atoms with Crippen molar-refractivity contribution < 1.29 is 4.39 Å². The van der Waals surface area contributed by atoms with Crippen molar-refractivity contribution in [1.82, 2.24) is 9.97 Å². The molecule has 0 bridgehead atoms. The smallest absolute Gasteiger partial charge is 0.130 e. The van der Waals surface area contributed by atoms with Gasteiger partial charge in [-0.1, -0.05) is 82.5 Å². The molecule has 0 amide bonds. The van der Waals surface area contributed by atoms with Gasteiger partial charge < -0.3 is 0 Å². The van der Waals surface area contributed by atoms with E-state index >= 15 is 0 Å². The van der Waals surface area contributed by atoms with Crippen LogP contribution in [0.5, 0.6) is 0 Å². The Balaban J connectivity index is 0.00000131. The van der Waals surface area contributed by atoms with Crippen LogP contribution >= 0.6 is 0 Å². The van der Waals surface area contributed by atoms with Crippen molar-refractivity contribution in [2.24, 2.45) is 0 Å². The van der Waals surface area contributed by atoms with E-state index in [1.54, 1.807) is 13.8 Å². The fourth-order valence-electron chi connectivity index (χ4n) is 3.82. The lowest BCUT2D eigenvalue weighted by molar-refractivity contribution is 0.219. The molecule has 0 atom stereocenters. The van der Waals surface area contributed by atoms with Crippen LogP contribution in [0.4, 0.5) is 4.39 Å². The average Bonchev–Trinajstić information content (AvgIpc) is 2.87. The Hall–Kier alpha value is -2.55. The molecule has 0 unspecified atom stereocenters. The monoisotopic (exact) mass is 522 g/mol. The van der Waals surface area contributed by atoms with Gasteiger partial charge in [0.25, 0.3) is 0 Å². The van der Waals surface area contributed by atoms with Crippen LogP contribution in [0.3, 0.4) is 0 Å². The Bertz CT molecular complexity index is 1120. The highest BCUT2D eigenvalue weighted by atomic mass is 19.1. The van der Waals surface area contributed by atoms with Crippen molar-refractivity contribution in [3.63, 3.8) is 0 Å². The maximum absolute atomic E-state index is 14.7. The van der Waals surface area contributed by atoms with E-state index < -0.39 is 5.67 Å². The highest BCUT2D eigenvalue weighted by Crippen LogP contribution is 2.31. The van der Waals surface area contributed by atoms with Crippen LogP contribution in [0.15, 0.2) is 42.5 Å². The van der Waals surface area contributed by atoms with E-state index in [2.05, 4.69) is 46.9 Å². The van der Waals surface area contributed by atoms with Gasteiger partial charge in [0.15, 0.2) is 0 Å². The Morgan fingerprint density at radius 1 is 0.974 bits per heavy atom. The highest BCUT2D eigenvalue weighted by molar-refractivity contribution is 5.45. The lowest BCUT2D eigenvalue weighted by atomic mass is 9.87. The molecule has 38 heavy (non-hydrogen) atoms.